The highest BCUT2D eigenvalue weighted by molar-refractivity contribution is 7.99. The van der Waals surface area contributed by atoms with Crippen LogP contribution in [-0.2, 0) is 0 Å². The maximum atomic E-state index is 7.71. The minimum atomic E-state index is -3.14. The van der Waals surface area contributed by atoms with Gasteiger partial charge in [0.25, 0.3) is 12.4 Å². The van der Waals surface area contributed by atoms with Crippen molar-refractivity contribution in [2.45, 2.75) is 62.3 Å². The van der Waals surface area contributed by atoms with Gasteiger partial charge in [0.2, 0.25) is 0 Å². The smallest absolute Gasteiger partial charge is 0.144 e. The molecule has 3 aromatic carbocycles. The van der Waals surface area contributed by atoms with Gasteiger partial charge in [-0.15, -0.1) is 44.3 Å². The van der Waals surface area contributed by atoms with E-state index >= 15 is 0 Å². The Morgan fingerprint density at radius 3 is 0.941 bits per heavy atom. The highest BCUT2D eigenvalue weighted by Gasteiger charge is 2.59. The van der Waals surface area contributed by atoms with Crippen LogP contribution in [0.25, 0.3) is 0 Å². The molecule has 34 heavy (non-hydrogen) atoms. The Hall–Kier alpha value is -0.529. The lowest BCUT2D eigenvalue weighted by Gasteiger charge is -2.39. The van der Waals surface area contributed by atoms with Gasteiger partial charge in [-0.1, -0.05) is 69.4 Å². The molecule has 0 nitrogen and oxygen atoms in total. The quantitative estimate of drug-likeness (QED) is 0.231. The summed E-state index contributed by atoms with van der Waals surface area (Å²) in [6.07, 6.45) is -6.28. The standard InChI is InChI=1S/C27H34Cl4Si3/c1-16-10-19(4)25(20(5)11-16)32(33(28,29)26-21(6)12-17(2)13-22(26)7)34(30,31)27-23(8)14-18(3)15-24(27)9/h10-15,32H,1-9H3. The van der Waals surface area contributed by atoms with Crippen LogP contribution >= 0.6 is 44.3 Å². The summed E-state index contributed by atoms with van der Waals surface area (Å²) in [6, 6.07) is 13.2. The van der Waals surface area contributed by atoms with Crippen LogP contribution in [0, 0.1) is 62.3 Å². The van der Waals surface area contributed by atoms with Gasteiger partial charge in [0.15, 0.2) is 0 Å². The minimum Gasteiger partial charge on any atom is -0.144 e. The second-order valence-corrected chi connectivity index (χ2v) is 38.1. The molecular weight excluding hydrogens is 550 g/mol. The zero-order valence-electron chi connectivity index (χ0n) is 21.6. The van der Waals surface area contributed by atoms with Gasteiger partial charge < -0.3 is 0 Å². The largest absolute Gasteiger partial charge is 0.270 e. The molecule has 0 bridgehead atoms. The van der Waals surface area contributed by atoms with Crippen molar-refractivity contribution in [3.8, 4) is 0 Å². The molecule has 3 aromatic rings. The summed E-state index contributed by atoms with van der Waals surface area (Å²) in [5.41, 5.74) is 10.6. The molecule has 0 saturated carbocycles. The summed E-state index contributed by atoms with van der Waals surface area (Å²) in [5.74, 6) is 0. The van der Waals surface area contributed by atoms with E-state index in [2.05, 4.69) is 98.7 Å². The van der Waals surface area contributed by atoms with Crippen LogP contribution in [-0.4, -0.2) is 20.3 Å². The highest BCUT2D eigenvalue weighted by Crippen LogP contribution is 2.34. The number of halogens is 4. The fourth-order valence-electron chi connectivity index (χ4n) is 5.94. The van der Waals surface area contributed by atoms with Crippen LogP contribution in [0.2, 0.25) is 0 Å². The van der Waals surface area contributed by atoms with Crippen molar-refractivity contribution in [1.82, 2.24) is 0 Å². The topological polar surface area (TPSA) is 0 Å². The lowest BCUT2D eigenvalue weighted by Crippen LogP contribution is -2.74. The van der Waals surface area contributed by atoms with Crippen LogP contribution in [0.1, 0.15) is 50.1 Å². The fourth-order valence-corrected chi connectivity index (χ4v) is 59.8. The number of aryl methyl sites for hydroxylation is 9. The van der Waals surface area contributed by atoms with Gasteiger partial charge in [0, 0.05) is 0 Å². The fraction of sp³-hybridized carbons (Fsp3) is 0.333. The summed E-state index contributed by atoms with van der Waals surface area (Å²) in [7, 11) is -2.37. The van der Waals surface area contributed by atoms with E-state index in [1.807, 2.05) is 0 Å². The zero-order valence-corrected chi connectivity index (χ0v) is 27.7. The van der Waals surface area contributed by atoms with E-state index in [-0.39, 0.29) is 0 Å². The molecule has 182 valence electrons. The van der Waals surface area contributed by atoms with Gasteiger partial charge in [-0.2, -0.15) is 0 Å². The maximum Gasteiger partial charge on any atom is 0.270 e. The van der Waals surface area contributed by atoms with Crippen LogP contribution in [0.4, 0.5) is 0 Å². The molecule has 0 aromatic heterocycles. The van der Waals surface area contributed by atoms with Gasteiger partial charge in [-0.05, 0) is 94.9 Å². The van der Waals surface area contributed by atoms with Gasteiger partial charge in [-0.3, -0.25) is 0 Å². The second kappa shape index (κ2) is 10.1. The summed E-state index contributed by atoms with van der Waals surface area (Å²) in [6.45, 7) is 19.2. The second-order valence-electron chi connectivity index (χ2n) is 10.0. The van der Waals surface area contributed by atoms with Gasteiger partial charge in [0.05, 0.1) is 0 Å². The van der Waals surface area contributed by atoms with Crippen molar-refractivity contribution in [3.05, 3.63) is 86.5 Å². The van der Waals surface area contributed by atoms with E-state index in [0.29, 0.717) is 0 Å². The van der Waals surface area contributed by atoms with Crippen molar-refractivity contribution in [2.75, 3.05) is 0 Å². The van der Waals surface area contributed by atoms with Gasteiger partial charge in [-0.25, -0.2) is 0 Å². The molecule has 0 saturated heterocycles. The third-order valence-corrected chi connectivity index (χ3v) is 44.9. The molecule has 0 heterocycles. The first kappa shape index (κ1) is 28.0. The van der Waals surface area contributed by atoms with E-state index in [1.54, 1.807) is 0 Å². The summed E-state index contributed by atoms with van der Waals surface area (Å²) < 4.78 is 0. The molecule has 0 radical (unpaired) electrons. The van der Waals surface area contributed by atoms with Gasteiger partial charge >= 0.3 is 0 Å². The first-order valence-corrected chi connectivity index (χ1v) is 23.8. The third kappa shape index (κ3) is 5.13. The summed E-state index contributed by atoms with van der Waals surface area (Å²) in [4.78, 5) is 0. The van der Waals surface area contributed by atoms with Crippen LogP contribution in [0.5, 0.6) is 0 Å². The van der Waals surface area contributed by atoms with Gasteiger partial charge in [0.1, 0.15) is 7.83 Å². The number of hydrogen-bond acceptors (Lipinski definition) is 0. The molecule has 0 atom stereocenters. The molecule has 0 fully saturated rings. The Morgan fingerprint density at radius 2 is 0.676 bits per heavy atom. The molecular formula is C27H34Cl4Si3. The van der Waals surface area contributed by atoms with Crippen LogP contribution in [0.15, 0.2) is 36.4 Å². The molecule has 0 unspecified atom stereocenters. The maximum absolute atomic E-state index is 7.71. The SMILES string of the molecule is Cc1cc(C)c([SiH]([Si](Cl)(Cl)c2c(C)cc(C)cc2C)[Si](Cl)(Cl)c2c(C)cc(C)cc2C)c(C)c1. The van der Waals surface area contributed by atoms with Crippen LogP contribution in [0.3, 0.4) is 0 Å². The predicted molar refractivity (Wildman–Crippen MR) is 163 cm³/mol. The van der Waals surface area contributed by atoms with Crippen molar-refractivity contribution in [1.29, 1.82) is 0 Å². The van der Waals surface area contributed by atoms with Crippen molar-refractivity contribution in [3.63, 3.8) is 0 Å². The van der Waals surface area contributed by atoms with Crippen LogP contribution < -0.4 is 15.6 Å². The molecule has 0 aliphatic carbocycles. The zero-order chi connectivity index (χ0) is 25.7. The van der Waals surface area contributed by atoms with E-state index in [1.165, 1.54) is 33.0 Å². The Labute approximate surface area is 227 Å². The molecule has 0 N–H and O–H groups in total. The highest BCUT2D eigenvalue weighted by atomic mass is 35.7. The third-order valence-electron chi connectivity index (χ3n) is 6.77. The predicted octanol–water partition coefficient (Wildman–Crippen LogP) is 6.71. The Balaban J connectivity index is 2.45. The first-order valence-electron chi connectivity index (χ1n) is 11.6. The van der Waals surface area contributed by atoms with Crippen molar-refractivity contribution >= 4 is 80.1 Å². The molecule has 0 aliphatic heterocycles. The molecule has 0 aliphatic rings. The van der Waals surface area contributed by atoms with E-state index < -0.39 is 20.3 Å². The Kier molecular flexibility index (Phi) is 8.32. The molecule has 7 heteroatoms. The number of hydrogen-bond donors (Lipinski definition) is 0. The monoisotopic (exact) mass is 582 g/mol. The normalized spacial score (nSPS) is 12.5. The first-order chi connectivity index (χ1) is 15.6. The number of rotatable bonds is 5. The molecule has 0 amide bonds. The summed E-state index contributed by atoms with van der Waals surface area (Å²) in [5, 5.41) is 3.44. The average molecular weight is 585 g/mol. The lowest BCUT2D eigenvalue weighted by molar-refractivity contribution is 1.35. The van der Waals surface area contributed by atoms with E-state index in [9.17, 15) is 0 Å². The molecule has 3 rings (SSSR count). The van der Waals surface area contributed by atoms with E-state index in [4.69, 9.17) is 44.3 Å². The Bertz CT molecular complexity index is 1130. The lowest BCUT2D eigenvalue weighted by atomic mass is 10.1. The summed E-state index contributed by atoms with van der Waals surface area (Å²) >= 11 is 30.8. The van der Waals surface area contributed by atoms with E-state index in [0.717, 1.165) is 32.6 Å². The minimum absolute atomic E-state index is 1.10. The number of benzene rings is 3. The average Bonchev–Trinajstić information content (AvgIpc) is 2.61. The van der Waals surface area contributed by atoms with Crippen molar-refractivity contribution in [2.24, 2.45) is 0 Å². The Morgan fingerprint density at radius 1 is 0.441 bits per heavy atom. The van der Waals surface area contributed by atoms with Crippen molar-refractivity contribution < 1.29 is 0 Å². The molecule has 0 spiro atoms.